The Morgan fingerprint density at radius 2 is 2.18 bits per heavy atom. The van der Waals surface area contributed by atoms with Gasteiger partial charge >= 0.3 is 5.97 Å². The lowest BCUT2D eigenvalue weighted by Gasteiger charge is -2.10. The van der Waals surface area contributed by atoms with E-state index in [4.69, 9.17) is 4.74 Å². The fourth-order valence-electron chi connectivity index (χ4n) is 0.880. The second kappa shape index (κ2) is 6.88. The van der Waals surface area contributed by atoms with Gasteiger partial charge in [0.15, 0.2) is 0 Å². The fraction of sp³-hybridized carbons (Fsp3) is 0.875. The van der Waals surface area contributed by atoms with Crippen LogP contribution in [0.25, 0.3) is 0 Å². The maximum absolute atomic E-state index is 11.1. The molecule has 0 aliphatic heterocycles. The van der Waals surface area contributed by atoms with Crippen LogP contribution in [0.4, 0.5) is 0 Å². The van der Waals surface area contributed by atoms with Gasteiger partial charge in [-0.05, 0) is 19.8 Å². The van der Waals surface area contributed by atoms with Crippen LogP contribution in [0.5, 0.6) is 0 Å². The minimum atomic E-state index is -0.0355. The Kier molecular flexibility index (Phi) is 7.01. The summed E-state index contributed by atoms with van der Waals surface area (Å²) in [6.45, 7) is 4.36. The molecule has 0 aromatic carbocycles. The molecule has 0 spiro atoms. The zero-order valence-corrected chi connectivity index (χ0v) is 9.26. The highest BCUT2D eigenvalue weighted by atomic mass is 127. The van der Waals surface area contributed by atoms with Crippen molar-refractivity contribution in [1.29, 1.82) is 0 Å². The van der Waals surface area contributed by atoms with Gasteiger partial charge < -0.3 is 4.74 Å². The Labute approximate surface area is 81.8 Å². The van der Waals surface area contributed by atoms with Crippen molar-refractivity contribution >= 4 is 28.6 Å². The molecule has 0 aliphatic carbocycles. The van der Waals surface area contributed by atoms with Crippen molar-refractivity contribution in [3.05, 3.63) is 0 Å². The molecule has 0 fully saturated rings. The average Bonchev–Trinajstić information content (AvgIpc) is 2.00. The van der Waals surface area contributed by atoms with E-state index >= 15 is 0 Å². The lowest BCUT2D eigenvalue weighted by molar-refractivity contribution is -0.148. The summed E-state index contributed by atoms with van der Waals surface area (Å²) in [6.07, 6.45) is 1.83. The van der Waals surface area contributed by atoms with Gasteiger partial charge in [-0.3, -0.25) is 4.79 Å². The predicted octanol–water partition coefficient (Wildman–Crippen LogP) is 2.40. The zero-order valence-electron chi connectivity index (χ0n) is 7.10. The quantitative estimate of drug-likeness (QED) is 0.435. The molecule has 0 bridgehead atoms. The highest BCUT2D eigenvalue weighted by Gasteiger charge is 2.15. The normalized spacial score (nSPS) is 12.6. The van der Waals surface area contributed by atoms with Gasteiger partial charge in [-0.2, -0.15) is 0 Å². The van der Waals surface area contributed by atoms with E-state index in [0.29, 0.717) is 6.61 Å². The predicted molar refractivity (Wildman–Crippen MR) is 53.9 cm³/mol. The number of rotatable bonds is 5. The fourth-order valence-corrected chi connectivity index (χ4v) is 1.63. The van der Waals surface area contributed by atoms with Crippen molar-refractivity contribution in [3.8, 4) is 0 Å². The van der Waals surface area contributed by atoms with Crippen LogP contribution in [0.3, 0.4) is 0 Å². The topological polar surface area (TPSA) is 26.3 Å². The van der Waals surface area contributed by atoms with Crippen molar-refractivity contribution in [1.82, 2.24) is 0 Å². The van der Waals surface area contributed by atoms with E-state index in [9.17, 15) is 4.79 Å². The smallest absolute Gasteiger partial charge is 0.308 e. The van der Waals surface area contributed by atoms with Gasteiger partial charge in [-0.1, -0.05) is 29.5 Å². The Hall–Kier alpha value is 0.200. The first kappa shape index (κ1) is 11.2. The van der Waals surface area contributed by atoms with Crippen LogP contribution in [0.1, 0.15) is 26.7 Å². The second-order valence-electron chi connectivity index (χ2n) is 2.33. The molecule has 0 saturated heterocycles. The molecule has 0 aromatic rings. The second-order valence-corrected chi connectivity index (χ2v) is 3.41. The van der Waals surface area contributed by atoms with Crippen molar-refractivity contribution in [3.63, 3.8) is 0 Å². The highest BCUT2D eigenvalue weighted by molar-refractivity contribution is 14.1. The summed E-state index contributed by atoms with van der Waals surface area (Å²) >= 11 is 2.28. The summed E-state index contributed by atoms with van der Waals surface area (Å²) in [5.41, 5.74) is 0. The Morgan fingerprint density at radius 3 is 2.55 bits per heavy atom. The summed E-state index contributed by atoms with van der Waals surface area (Å²) in [5, 5.41) is 0. The molecular weight excluding hydrogens is 255 g/mol. The summed E-state index contributed by atoms with van der Waals surface area (Å²) < 4.78 is 5.93. The number of halogens is 1. The van der Waals surface area contributed by atoms with Crippen LogP contribution >= 0.6 is 22.6 Å². The number of carbonyl (C=O) groups is 1. The van der Waals surface area contributed by atoms with Crippen LogP contribution in [0, 0.1) is 5.92 Å². The number of alkyl halides is 1. The lowest BCUT2D eigenvalue weighted by atomic mass is 10.0. The summed E-state index contributed by atoms with van der Waals surface area (Å²) in [6, 6.07) is 0. The van der Waals surface area contributed by atoms with E-state index in [-0.39, 0.29) is 11.9 Å². The molecule has 2 nitrogen and oxygen atoms in total. The van der Waals surface area contributed by atoms with E-state index in [2.05, 4.69) is 22.6 Å². The van der Waals surface area contributed by atoms with Gasteiger partial charge in [-0.15, -0.1) is 0 Å². The largest absolute Gasteiger partial charge is 0.466 e. The number of ether oxygens (including phenoxy) is 1. The number of esters is 1. The van der Waals surface area contributed by atoms with Crippen molar-refractivity contribution < 1.29 is 9.53 Å². The molecule has 0 N–H and O–H groups in total. The average molecular weight is 270 g/mol. The Morgan fingerprint density at radius 1 is 1.55 bits per heavy atom. The molecule has 0 amide bonds. The van der Waals surface area contributed by atoms with E-state index < -0.39 is 0 Å². The molecule has 0 rings (SSSR count). The first-order valence-corrected chi connectivity index (χ1v) is 5.51. The first-order valence-electron chi connectivity index (χ1n) is 3.98. The highest BCUT2D eigenvalue weighted by Crippen LogP contribution is 2.11. The molecule has 0 heterocycles. The third-order valence-corrected chi connectivity index (χ3v) is 2.19. The molecule has 0 aromatic heterocycles. The molecular formula is C8H15IO2. The number of hydrogen-bond acceptors (Lipinski definition) is 2. The molecule has 0 saturated carbocycles. The lowest BCUT2D eigenvalue weighted by Crippen LogP contribution is -2.17. The van der Waals surface area contributed by atoms with E-state index in [1.54, 1.807) is 0 Å². The first-order chi connectivity index (χ1) is 5.26. The van der Waals surface area contributed by atoms with E-state index in [1.165, 1.54) is 0 Å². The third kappa shape index (κ3) is 4.61. The van der Waals surface area contributed by atoms with Crippen LogP contribution < -0.4 is 0 Å². The number of carbonyl (C=O) groups excluding carboxylic acids is 1. The molecule has 0 radical (unpaired) electrons. The van der Waals surface area contributed by atoms with Crippen LogP contribution in [-0.2, 0) is 9.53 Å². The van der Waals surface area contributed by atoms with Crippen molar-refractivity contribution in [2.75, 3.05) is 11.0 Å². The molecule has 0 aliphatic rings. The summed E-state index contributed by atoms with van der Waals surface area (Å²) in [4.78, 5) is 11.1. The molecule has 3 heteroatoms. The number of hydrogen-bond donors (Lipinski definition) is 0. The van der Waals surface area contributed by atoms with Gasteiger partial charge in [0.1, 0.15) is 0 Å². The monoisotopic (exact) mass is 270 g/mol. The summed E-state index contributed by atoms with van der Waals surface area (Å²) in [5.74, 6) is 0.0820. The molecule has 11 heavy (non-hydrogen) atoms. The molecule has 1 unspecified atom stereocenters. The minimum absolute atomic E-state index is 0.0355. The van der Waals surface area contributed by atoms with Gasteiger partial charge in [-0.25, -0.2) is 0 Å². The van der Waals surface area contributed by atoms with Crippen LogP contribution in [-0.4, -0.2) is 17.0 Å². The Bertz CT molecular complexity index is 115. The van der Waals surface area contributed by atoms with Crippen LogP contribution in [0.2, 0.25) is 0 Å². The van der Waals surface area contributed by atoms with E-state index in [1.807, 2.05) is 13.8 Å². The molecule has 66 valence electrons. The van der Waals surface area contributed by atoms with Gasteiger partial charge in [0.25, 0.3) is 0 Å². The SMILES string of the molecule is CCOC(=O)C(CC)CCI. The third-order valence-electron chi connectivity index (χ3n) is 1.57. The van der Waals surface area contributed by atoms with Gasteiger partial charge in [0.2, 0.25) is 0 Å². The maximum Gasteiger partial charge on any atom is 0.308 e. The molecule has 1 atom stereocenters. The van der Waals surface area contributed by atoms with E-state index in [0.717, 1.165) is 17.3 Å². The Balaban J connectivity index is 3.71. The standard InChI is InChI=1S/C8H15IO2/c1-3-7(5-6-9)8(10)11-4-2/h7H,3-6H2,1-2H3. The summed E-state index contributed by atoms with van der Waals surface area (Å²) in [7, 11) is 0. The van der Waals surface area contributed by atoms with Gasteiger partial charge in [0, 0.05) is 4.43 Å². The maximum atomic E-state index is 11.1. The van der Waals surface area contributed by atoms with Gasteiger partial charge in [0.05, 0.1) is 12.5 Å². The van der Waals surface area contributed by atoms with Crippen molar-refractivity contribution in [2.24, 2.45) is 5.92 Å². The van der Waals surface area contributed by atoms with Crippen LogP contribution in [0.15, 0.2) is 0 Å². The minimum Gasteiger partial charge on any atom is -0.466 e. The van der Waals surface area contributed by atoms with Crippen molar-refractivity contribution in [2.45, 2.75) is 26.7 Å². The zero-order chi connectivity index (χ0) is 8.69.